The molecule has 3 N–H and O–H groups in total. The largest absolute Gasteiger partial charge is 0.326 e. The van der Waals surface area contributed by atoms with E-state index >= 15 is 0 Å². The molecule has 1 atom stereocenters. The van der Waals surface area contributed by atoms with Crippen LogP contribution in [0, 0.1) is 5.92 Å². The van der Waals surface area contributed by atoms with Crippen molar-refractivity contribution in [1.29, 1.82) is 0 Å². The Morgan fingerprint density at radius 2 is 1.85 bits per heavy atom. The number of hydrogen-bond donors (Lipinski definition) is 2. The molecule has 0 radical (unpaired) electrons. The molecule has 78 valence electrons. The summed E-state index contributed by atoms with van der Waals surface area (Å²) in [5.74, 6) is 0.350. The molecule has 0 spiro atoms. The van der Waals surface area contributed by atoms with Gasteiger partial charge >= 0.3 is 0 Å². The van der Waals surface area contributed by atoms with Crippen molar-refractivity contribution in [1.82, 2.24) is 5.32 Å². The second-order valence-corrected chi connectivity index (χ2v) is 4.15. The summed E-state index contributed by atoms with van der Waals surface area (Å²) in [6.07, 6.45) is 0.484. The van der Waals surface area contributed by atoms with E-state index in [1.165, 1.54) is 0 Å². The van der Waals surface area contributed by atoms with E-state index in [0.717, 1.165) is 6.54 Å². The topological polar surface area (TPSA) is 55.1 Å². The van der Waals surface area contributed by atoms with Crippen LogP contribution in [0.4, 0.5) is 0 Å². The van der Waals surface area contributed by atoms with Crippen molar-refractivity contribution in [3.8, 4) is 0 Å². The van der Waals surface area contributed by atoms with Gasteiger partial charge in [0, 0.05) is 31.0 Å². The van der Waals surface area contributed by atoms with Gasteiger partial charge in [0.1, 0.15) is 5.78 Å². The van der Waals surface area contributed by atoms with Crippen LogP contribution in [0.15, 0.2) is 0 Å². The number of carbonyl (C=O) groups is 1. The van der Waals surface area contributed by atoms with Gasteiger partial charge in [0.15, 0.2) is 0 Å². The number of ketones is 1. The number of hydrogen-bond acceptors (Lipinski definition) is 3. The minimum atomic E-state index is -0.0442. The minimum absolute atomic E-state index is 0.0442. The number of rotatable bonds is 6. The van der Waals surface area contributed by atoms with Crippen LogP contribution in [0.1, 0.15) is 34.1 Å². The van der Waals surface area contributed by atoms with E-state index in [9.17, 15) is 4.79 Å². The van der Waals surface area contributed by atoms with E-state index in [2.05, 4.69) is 19.2 Å². The van der Waals surface area contributed by atoms with E-state index in [-0.39, 0.29) is 17.7 Å². The first-order valence-electron chi connectivity index (χ1n) is 4.95. The van der Waals surface area contributed by atoms with Gasteiger partial charge in [-0.3, -0.25) is 4.79 Å². The Kier molecular flexibility index (Phi) is 5.91. The zero-order chi connectivity index (χ0) is 10.4. The molecule has 13 heavy (non-hydrogen) atoms. The van der Waals surface area contributed by atoms with Gasteiger partial charge < -0.3 is 11.1 Å². The predicted octanol–water partition coefficient (Wildman–Crippen LogP) is 0.927. The maximum Gasteiger partial charge on any atom is 0.137 e. The maximum atomic E-state index is 11.3. The van der Waals surface area contributed by atoms with Gasteiger partial charge in [-0.15, -0.1) is 0 Å². The van der Waals surface area contributed by atoms with Crippen molar-refractivity contribution in [2.24, 2.45) is 11.7 Å². The molecule has 0 fully saturated rings. The summed E-state index contributed by atoms with van der Waals surface area (Å²) in [6.45, 7) is 8.67. The first-order valence-corrected chi connectivity index (χ1v) is 4.95. The number of Topliss-reactive ketones (excluding diaryl/α,β-unsaturated/α-hetero) is 1. The molecular weight excluding hydrogens is 164 g/mol. The van der Waals surface area contributed by atoms with Crippen molar-refractivity contribution in [3.05, 3.63) is 0 Å². The Hall–Kier alpha value is -0.410. The number of carbonyl (C=O) groups excluding carboxylic acids is 1. The molecule has 0 aliphatic carbocycles. The highest BCUT2D eigenvalue weighted by atomic mass is 16.1. The fourth-order valence-corrected chi connectivity index (χ4v) is 0.953. The molecule has 3 heteroatoms. The third-order valence-electron chi connectivity index (χ3n) is 1.90. The highest BCUT2D eigenvalue weighted by Crippen LogP contribution is 2.00. The second kappa shape index (κ2) is 6.11. The average Bonchev–Trinajstić information content (AvgIpc) is 2.00. The lowest BCUT2D eigenvalue weighted by Crippen LogP contribution is -2.39. The zero-order valence-electron chi connectivity index (χ0n) is 9.13. The third kappa shape index (κ3) is 6.72. The standard InChI is InChI=1S/C10H22N2O/c1-7(2)10(13)5-9(11)6-12-8(3)4/h7-9,12H,5-6,11H2,1-4H3. The molecule has 0 rings (SSSR count). The normalized spacial score (nSPS) is 13.8. The average molecular weight is 186 g/mol. The highest BCUT2D eigenvalue weighted by molar-refractivity contribution is 5.80. The van der Waals surface area contributed by atoms with Crippen LogP contribution in [0.25, 0.3) is 0 Å². The first kappa shape index (κ1) is 12.6. The molecule has 0 aliphatic heterocycles. The summed E-state index contributed by atoms with van der Waals surface area (Å²) < 4.78 is 0. The van der Waals surface area contributed by atoms with E-state index in [0.29, 0.717) is 12.5 Å². The van der Waals surface area contributed by atoms with E-state index in [1.54, 1.807) is 0 Å². The fraction of sp³-hybridized carbons (Fsp3) is 0.900. The molecule has 0 aromatic heterocycles. The quantitative estimate of drug-likeness (QED) is 0.648. The van der Waals surface area contributed by atoms with Gasteiger partial charge in [0.05, 0.1) is 0 Å². The SMILES string of the molecule is CC(C)NCC(N)CC(=O)C(C)C. The first-order chi connectivity index (χ1) is 5.93. The molecule has 0 saturated carbocycles. The van der Waals surface area contributed by atoms with Gasteiger partial charge in [-0.25, -0.2) is 0 Å². The Labute approximate surface area is 81.1 Å². The minimum Gasteiger partial charge on any atom is -0.326 e. The lowest BCUT2D eigenvalue weighted by molar-refractivity contribution is -0.122. The summed E-state index contributed by atoms with van der Waals surface area (Å²) in [5, 5.41) is 3.21. The number of nitrogens with two attached hydrogens (primary N) is 1. The van der Waals surface area contributed by atoms with Gasteiger partial charge in [-0.2, -0.15) is 0 Å². The monoisotopic (exact) mass is 186 g/mol. The van der Waals surface area contributed by atoms with E-state index in [1.807, 2.05) is 13.8 Å². The molecule has 0 saturated heterocycles. The molecule has 0 aromatic rings. The fourth-order valence-electron chi connectivity index (χ4n) is 0.953. The summed E-state index contributed by atoms with van der Waals surface area (Å²) in [7, 11) is 0. The Bertz CT molecular complexity index is 155. The molecule has 0 aliphatic rings. The Morgan fingerprint density at radius 1 is 1.31 bits per heavy atom. The van der Waals surface area contributed by atoms with E-state index < -0.39 is 0 Å². The third-order valence-corrected chi connectivity index (χ3v) is 1.90. The Balaban J connectivity index is 3.62. The summed E-state index contributed by atoms with van der Waals surface area (Å²) in [5.41, 5.74) is 5.78. The summed E-state index contributed by atoms with van der Waals surface area (Å²) in [4.78, 5) is 11.3. The maximum absolute atomic E-state index is 11.3. The van der Waals surface area contributed by atoms with E-state index in [4.69, 9.17) is 5.73 Å². The lowest BCUT2D eigenvalue weighted by Gasteiger charge is -2.15. The van der Waals surface area contributed by atoms with Crippen LogP contribution in [0.5, 0.6) is 0 Å². The van der Waals surface area contributed by atoms with Crippen molar-refractivity contribution in [2.45, 2.75) is 46.2 Å². The smallest absolute Gasteiger partial charge is 0.137 e. The van der Waals surface area contributed by atoms with Gasteiger partial charge in [0.25, 0.3) is 0 Å². The van der Waals surface area contributed by atoms with Crippen LogP contribution in [0.2, 0.25) is 0 Å². The highest BCUT2D eigenvalue weighted by Gasteiger charge is 2.12. The summed E-state index contributed by atoms with van der Waals surface area (Å²) >= 11 is 0. The van der Waals surface area contributed by atoms with Crippen molar-refractivity contribution >= 4 is 5.78 Å². The van der Waals surface area contributed by atoms with Crippen LogP contribution in [-0.2, 0) is 4.79 Å². The molecule has 3 nitrogen and oxygen atoms in total. The van der Waals surface area contributed by atoms with Crippen LogP contribution < -0.4 is 11.1 Å². The summed E-state index contributed by atoms with van der Waals surface area (Å²) in [6, 6.07) is 0.387. The van der Waals surface area contributed by atoms with Crippen molar-refractivity contribution in [3.63, 3.8) is 0 Å². The van der Waals surface area contributed by atoms with Crippen LogP contribution in [0.3, 0.4) is 0 Å². The molecule has 0 bridgehead atoms. The van der Waals surface area contributed by atoms with Gasteiger partial charge in [-0.1, -0.05) is 27.7 Å². The second-order valence-electron chi connectivity index (χ2n) is 4.15. The lowest BCUT2D eigenvalue weighted by atomic mass is 10.0. The van der Waals surface area contributed by atoms with Crippen molar-refractivity contribution < 1.29 is 4.79 Å². The zero-order valence-corrected chi connectivity index (χ0v) is 9.13. The van der Waals surface area contributed by atoms with Crippen LogP contribution >= 0.6 is 0 Å². The van der Waals surface area contributed by atoms with Gasteiger partial charge in [-0.05, 0) is 0 Å². The van der Waals surface area contributed by atoms with Crippen LogP contribution in [-0.4, -0.2) is 24.4 Å². The van der Waals surface area contributed by atoms with Crippen molar-refractivity contribution in [2.75, 3.05) is 6.54 Å². The molecule has 0 aromatic carbocycles. The molecule has 0 amide bonds. The molecular formula is C10H22N2O. The number of nitrogens with one attached hydrogen (secondary N) is 1. The molecule has 1 unspecified atom stereocenters. The predicted molar refractivity (Wildman–Crippen MR) is 55.6 cm³/mol. The van der Waals surface area contributed by atoms with Gasteiger partial charge in [0.2, 0.25) is 0 Å². The Morgan fingerprint density at radius 3 is 2.23 bits per heavy atom. The molecule has 0 heterocycles.